The highest BCUT2D eigenvalue weighted by molar-refractivity contribution is 7.89. The molecule has 0 aliphatic carbocycles. The van der Waals surface area contributed by atoms with Crippen molar-refractivity contribution in [2.24, 2.45) is 0 Å². The summed E-state index contributed by atoms with van der Waals surface area (Å²) in [6.07, 6.45) is 1.06. The zero-order valence-corrected chi connectivity index (χ0v) is 12.5. The Morgan fingerprint density at radius 2 is 1.95 bits per heavy atom. The quantitative estimate of drug-likeness (QED) is 0.803. The monoisotopic (exact) mass is 315 g/mol. The maximum atomic E-state index is 13.3. The van der Waals surface area contributed by atoms with Crippen LogP contribution in [0.1, 0.15) is 19.8 Å². The first-order valence-corrected chi connectivity index (χ1v) is 8.06. The number of anilines is 1. The molecule has 1 aliphatic rings. The molecule has 21 heavy (non-hydrogen) atoms. The summed E-state index contributed by atoms with van der Waals surface area (Å²) in [5.41, 5.74) is 5.56. The van der Waals surface area contributed by atoms with E-state index in [2.05, 4.69) is 5.32 Å². The van der Waals surface area contributed by atoms with E-state index in [-0.39, 0.29) is 35.6 Å². The van der Waals surface area contributed by atoms with Crippen molar-refractivity contribution < 1.29 is 17.6 Å². The lowest BCUT2D eigenvalue weighted by Crippen LogP contribution is -2.46. The fourth-order valence-corrected chi connectivity index (χ4v) is 3.95. The van der Waals surface area contributed by atoms with Crippen molar-refractivity contribution >= 4 is 21.6 Å². The second kappa shape index (κ2) is 5.98. The van der Waals surface area contributed by atoms with Crippen molar-refractivity contribution in [3.05, 3.63) is 24.0 Å². The minimum absolute atomic E-state index is 0.0217. The van der Waals surface area contributed by atoms with Crippen molar-refractivity contribution in [2.75, 3.05) is 18.8 Å². The molecule has 1 fully saturated rings. The molecule has 0 saturated carbocycles. The lowest BCUT2D eigenvalue weighted by Gasteiger charge is -2.31. The van der Waals surface area contributed by atoms with E-state index < -0.39 is 15.8 Å². The van der Waals surface area contributed by atoms with Crippen LogP contribution in [0.5, 0.6) is 0 Å². The van der Waals surface area contributed by atoms with Gasteiger partial charge in [-0.1, -0.05) is 0 Å². The smallest absolute Gasteiger partial charge is 0.243 e. The minimum Gasteiger partial charge on any atom is -0.399 e. The summed E-state index contributed by atoms with van der Waals surface area (Å²) in [7, 11) is -3.76. The molecule has 8 heteroatoms. The largest absolute Gasteiger partial charge is 0.399 e. The van der Waals surface area contributed by atoms with Gasteiger partial charge in [0.2, 0.25) is 15.9 Å². The van der Waals surface area contributed by atoms with E-state index in [9.17, 15) is 17.6 Å². The first kappa shape index (κ1) is 15.7. The van der Waals surface area contributed by atoms with Gasteiger partial charge in [0.15, 0.2) is 0 Å². The molecule has 0 aromatic heterocycles. The number of carbonyl (C=O) groups excluding carboxylic acids is 1. The second-order valence-corrected chi connectivity index (χ2v) is 7.04. The van der Waals surface area contributed by atoms with Crippen molar-refractivity contribution in [1.82, 2.24) is 9.62 Å². The zero-order valence-electron chi connectivity index (χ0n) is 11.7. The number of benzene rings is 1. The molecule has 0 bridgehead atoms. The van der Waals surface area contributed by atoms with Gasteiger partial charge in [-0.15, -0.1) is 0 Å². The molecule has 1 aromatic rings. The number of piperidine rings is 1. The van der Waals surface area contributed by atoms with Gasteiger partial charge in [-0.25, -0.2) is 12.8 Å². The molecule has 0 unspecified atom stereocenters. The van der Waals surface area contributed by atoms with Crippen LogP contribution in [0.25, 0.3) is 0 Å². The molecule has 1 saturated heterocycles. The number of nitrogen functional groups attached to an aromatic ring is 1. The molecular formula is C13H18FN3O3S. The van der Waals surface area contributed by atoms with E-state index >= 15 is 0 Å². The molecule has 1 heterocycles. The van der Waals surface area contributed by atoms with Crippen LogP contribution < -0.4 is 11.1 Å². The average molecular weight is 315 g/mol. The Bertz CT molecular complexity index is 620. The molecule has 2 rings (SSSR count). The number of halogens is 1. The number of rotatable bonds is 3. The number of nitrogens with two attached hydrogens (primary N) is 1. The molecular weight excluding hydrogens is 297 g/mol. The summed E-state index contributed by atoms with van der Waals surface area (Å²) in [6.45, 7) is 1.99. The Labute approximate surface area is 123 Å². The number of hydrogen-bond donors (Lipinski definition) is 2. The van der Waals surface area contributed by atoms with E-state index in [1.165, 1.54) is 17.3 Å². The standard InChI is InChI=1S/C13H18FN3O3S/c1-9(18)16-12-2-4-17(5-3-12)21(19,20)13-7-10(14)6-11(15)8-13/h6-8,12H,2-5,15H2,1H3,(H,16,18). The van der Waals surface area contributed by atoms with Gasteiger partial charge in [0, 0.05) is 31.7 Å². The van der Waals surface area contributed by atoms with E-state index in [4.69, 9.17) is 5.73 Å². The summed E-state index contributed by atoms with van der Waals surface area (Å²) >= 11 is 0. The predicted molar refractivity (Wildman–Crippen MR) is 76.4 cm³/mol. The van der Waals surface area contributed by atoms with Crippen LogP contribution >= 0.6 is 0 Å². The molecule has 3 N–H and O–H groups in total. The second-order valence-electron chi connectivity index (χ2n) is 5.10. The van der Waals surface area contributed by atoms with Gasteiger partial charge in [0.05, 0.1) is 4.90 Å². The Hall–Kier alpha value is -1.67. The number of nitrogens with zero attached hydrogens (tertiary/aromatic N) is 1. The van der Waals surface area contributed by atoms with Crippen LogP contribution in [0.3, 0.4) is 0 Å². The number of sulfonamides is 1. The zero-order chi connectivity index (χ0) is 15.6. The van der Waals surface area contributed by atoms with Crippen LogP contribution in [-0.4, -0.2) is 37.8 Å². The maximum absolute atomic E-state index is 13.3. The summed E-state index contributed by atoms with van der Waals surface area (Å²) in [5.74, 6) is -0.809. The lowest BCUT2D eigenvalue weighted by molar-refractivity contribution is -0.119. The first-order chi connectivity index (χ1) is 9.79. The number of amides is 1. The summed E-state index contributed by atoms with van der Waals surface area (Å²) in [4.78, 5) is 10.8. The van der Waals surface area contributed by atoms with Gasteiger partial charge in [0.25, 0.3) is 0 Å². The third kappa shape index (κ3) is 3.70. The first-order valence-electron chi connectivity index (χ1n) is 6.62. The third-order valence-corrected chi connectivity index (χ3v) is 5.27. The molecule has 1 aromatic carbocycles. The molecule has 116 valence electrons. The Balaban J connectivity index is 2.13. The van der Waals surface area contributed by atoms with Gasteiger partial charge in [-0.05, 0) is 31.0 Å². The highest BCUT2D eigenvalue weighted by Gasteiger charge is 2.30. The molecule has 0 atom stereocenters. The summed E-state index contributed by atoms with van der Waals surface area (Å²) in [6, 6.07) is 3.26. The normalized spacial score (nSPS) is 17.6. The maximum Gasteiger partial charge on any atom is 0.243 e. The van der Waals surface area contributed by atoms with Crippen molar-refractivity contribution in [1.29, 1.82) is 0 Å². The lowest BCUT2D eigenvalue weighted by atomic mass is 10.1. The summed E-state index contributed by atoms with van der Waals surface area (Å²) in [5, 5.41) is 2.77. The van der Waals surface area contributed by atoms with Crippen molar-refractivity contribution in [2.45, 2.75) is 30.7 Å². The van der Waals surface area contributed by atoms with Crippen molar-refractivity contribution in [3.63, 3.8) is 0 Å². The Morgan fingerprint density at radius 3 is 2.48 bits per heavy atom. The topological polar surface area (TPSA) is 92.5 Å². The van der Waals surface area contributed by atoms with Gasteiger partial charge >= 0.3 is 0 Å². The van der Waals surface area contributed by atoms with E-state index in [0.717, 1.165) is 12.1 Å². The minimum atomic E-state index is -3.76. The van der Waals surface area contributed by atoms with E-state index in [1.54, 1.807) is 0 Å². The molecule has 6 nitrogen and oxygen atoms in total. The van der Waals surface area contributed by atoms with E-state index in [0.29, 0.717) is 12.8 Å². The van der Waals surface area contributed by atoms with Crippen LogP contribution in [0, 0.1) is 5.82 Å². The summed E-state index contributed by atoms with van der Waals surface area (Å²) < 4.78 is 39.5. The van der Waals surface area contributed by atoms with Gasteiger partial charge in [-0.3, -0.25) is 4.79 Å². The van der Waals surface area contributed by atoms with Gasteiger partial charge in [0.1, 0.15) is 5.82 Å². The molecule has 1 amide bonds. The van der Waals surface area contributed by atoms with Crippen LogP contribution in [-0.2, 0) is 14.8 Å². The van der Waals surface area contributed by atoms with Gasteiger partial charge < -0.3 is 11.1 Å². The van der Waals surface area contributed by atoms with Gasteiger partial charge in [-0.2, -0.15) is 4.31 Å². The SMILES string of the molecule is CC(=O)NC1CCN(S(=O)(=O)c2cc(N)cc(F)c2)CC1. The molecule has 0 radical (unpaired) electrons. The highest BCUT2D eigenvalue weighted by Crippen LogP contribution is 2.23. The number of carbonyl (C=O) groups is 1. The average Bonchev–Trinajstić information content (AvgIpc) is 2.37. The third-order valence-electron chi connectivity index (χ3n) is 3.39. The molecule has 1 aliphatic heterocycles. The van der Waals surface area contributed by atoms with Crippen LogP contribution in [0.4, 0.5) is 10.1 Å². The van der Waals surface area contributed by atoms with Crippen LogP contribution in [0.2, 0.25) is 0 Å². The fraction of sp³-hybridized carbons (Fsp3) is 0.462. The number of nitrogens with one attached hydrogen (secondary N) is 1. The molecule has 0 spiro atoms. The Morgan fingerprint density at radius 1 is 1.33 bits per heavy atom. The van der Waals surface area contributed by atoms with Crippen molar-refractivity contribution in [3.8, 4) is 0 Å². The number of hydrogen-bond acceptors (Lipinski definition) is 4. The fourth-order valence-electron chi connectivity index (χ4n) is 2.41. The highest BCUT2D eigenvalue weighted by atomic mass is 32.2. The van der Waals surface area contributed by atoms with Crippen LogP contribution in [0.15, 0.2) is 23.1 Å². The predicted octanol–water partition coefficient (Wildman–Crippen LogP) is 0.697. The Kier molecular flexibility index (Phi) is 4.48. The van der Waals surface area contributed by atoms with E-state index in [1.807, 2.05) is 0 Å².